The largest absolute Gasteiger partial charge is 0.436 e. The van der Waals surface area contributed by atoms with E-state index in [1.165, 1.54) is 0 Å². The first-order valence-electron chi connectivity index (χ1n) is 11.2. The Morgan fingerprint density at radius 2 is 1.16 bits per heavy atom. The first kappa shape index (κ1) is 31.5. The van der Waals surface area contributed by atoms with Crippen LogP contribution in [0, 0.1) is 0 Å². The second-order valence-corrected chi connectivity index (χ2v) is 26.1. The molecule has 0 aliphatic rings. The van der Waals surface area contributed by atoms with Crippen LogP contribution in [0.3, 0.4) is 0 Å². The van der Waals surface area contributed by atoms with Crippen LogP contribution in [-0.4, -0.2) is 66.9 Å². The normalized spacial score (nSPS) is 17.4. The van der Waals surface area contributed by atoms with Gasteiger partial charge in [0.25, 0.3) is 0 Å². The van der Waals surface area contributed by atoms with E-state index in [2.05, 4.69) is 20.0 Å². The summed E-state index contributed by atoms with van der Waals surface area (Å²) in [5.74, 6) is 0. The van der Waals surface area contributed by atoms with E-state index in [4.69, 9.17) is 21.8 Å². The van der Waals surface area contributed by atoms with Gasteiger partial charge in [0.2, 0.25) is 0 Å². The molecular formula is C19H45F3O5Si4. The Bertz CT molecular complexity index is 511. The molecule has 0 saturated carbocycles. The van der Waals surface area contributed by atoms with Gasteiger partial charge in [0.1, 0.15) is 0 Å². The Labute approximate surface area is 192 Å². The lowest BCUT2D eigenvalue weighted by atomic mass is 10.5. The Morgan fingerprint density at radius 1 is 0.677 bits per heavy atom. The molecule has 0 fully saturated rings. The summed E-state index contributed by atoms with van der Waals surface area (Å²) >= 11 is 0. The Morgan fingerprint density at radius 3 is 1.58 bits per heavy atom. The van der Waals surface area contributed by atoms with E-state index in [1.54, 1.807) is 13.7 Å². The Balaban J connectivity index is 5.56. The molecule has 0 aliphatic carbocycles. The van der Waals surface area contributed by atoms with Gasteiger partial charge in [-0.05, 0) is 69.9 Å². The zero-order valence-electron chi connectivity index (χ0n) is 21.0. The fraction of sp³-hybridized carbons (Fsp3) is 1.00. The third kappa shape index (κ3) is 15.1. The molecule has 0 bridgehead atoms. The number of hydrogen-bond acceptors (Lipinski definition) is 5. The maximum absolute atomic E-state index is 13.1. The number of hydrogen-bond donors (Lipinski definition) is 0. The third-order valence-electron chi connectivity index (χ3n) is 5.33. The summed E-state index contributed by atoms with van der Waals surface area (Å²) in [7, 11) is -8.36. The van der Waals surface area contributed by atoms with Crippen LogP contribution >= 0.6 is 0 Å². The monoisotopic (exact) mass is 522 g/mol. The lowest BCUT2D eigenvalue weighted by Gasteiger charge is -2.44. The zero-order chi connectivity index (χ0) is 24.4. The van der Waals surface area contributed by atoms with Crippen molar-refractivity contribution in [2.75, 3.05) is 26.9 Å². The summed E-state index contributed by atoms with van der Waals surface area (Å²) in [4.78, 5) is 0. The fourth-order valence-corrected chi connectivity index (χ4v) is 21.5. The second kappa shape index (κ2) is 13.4. The summed E-state index contributed by atoms with van der Waals surface area (Å²) in [6.45, 7) is 17.9. The van der Waals surface area contributed by atoms with E-state index >= 15 is 0 Å². The minimum absolute atomic E-state index is 0.0999. The molecule has 0 aromatic rings. The first-order valence-corrected chi connectivity index (χ1v) is 22.5. The number of rotatable bonds is 17. The van der Waals surface area contributed by atoms with Gasteiger partial charge in [0, 0.05) is 20.1 Å². The van der Waals surface area contributed by atoms with Gasteiger partial charge >= 0.3 is 23.3 Å². The molecule has 0 N–H and O–H groups in total. The van der Waals surface area contributed by atoms with Crippen molar-refractivity contribution >= 4 is 33.8 Å². The number of ether oxygens (including phenoxy) is 2. The maximum Gasteiger partial charge on any atom is 0.389 e. The van der Waals surface area contributed by atoms with Gasteiger partial charge in [-0.1, -0.05) is 13.8 Å². The topological polar surface area (TPSA) is 46.2 Å². The van der Waals surface area contributed by atoms with Crippen LogP contribution in [0.25, 0.3) is 0 Å². The second-order valence-electron chi connectivity index (χ2n) is 9.62. The van der Waals surface area contributed by atoms with Crippen LogP contribution in [0.4, 0.5) is 13.2 Å². The van der Waals surface area contributed by atoms with Gasteiger partial charge in [-0.15, -0.1) is 0 Å². The summed E-state index contributed by atoms with van der Waals surface area (Å²) in [6, 6.07) is 2.31. The molecule has 0 aromatic carbocycles. The maximum atomic E-state index is 13.1. The average molecular weight is 523 g/mol. The summed E-state index contributed by atoms with van der Waals surface area (Å²) in [5, 5.41) is 0. The number of methoxy groups -OCH3 is 1. The minimum Gasteiger partial charge on any atom is -0.436 e. The lowest BCUT2D eigenvalue weighted by molar-refractivity contribution is -0.131. The molecule has 2 unspecified atom stereocenters. The molecule has 0 amide bonds. The predicted octanol–water partition coefficient (Wildman–Crippen LogP) is 6.64. The van der Waals surface area contributed by atoms with Crippen molar-refractivity contribution in [1.82, 2.24) is 0 Å². The highest BCUT2D eigenvalue weighted by atomic mass is 28.5. The minimum atomic E-state index is -4.23. The van der Waals surface area contributed by atoms with Crippen LogP contribution in [-0.2, 0) is 21.8 Å². The highest BCUT2D eigenvalue weighted by molar-refractivity contribution is 6.90. The van der Waals surface area contributed by atoms with Crippen LogP contribution in [0.1, 0.15) is 26.7 Å². The summed E-state index contributed by atoms with van der Waals surface area (Å²) < 4.78 is 69.6. The van der Waals surface area contributed by atoms with Crippen molar-refractivity contribution in [3.63, 3.8) is 0 Å². The van der Waals surface area contributed by atoms with Crippen molar-refractivity contribution in [3.8, 4) is 0 Å². The Kier molecular flexibility index (Phi) is 13.6. The van der Waals surface area contributed by atoms with Gasteiger partial charge in [-0.25, -0.2) is 0 Å². The molecule has 5 nitrogen and oxygen atoms in total. The smallest absolute Gasteiger partial charge is 0.389 e. The third-order valence-corrected chi connectivity index (χ3v) is 22.5. The van der Waals surface area contributed by atoms with Crippen molar-refractivity contribution in [2.24, 2.45) is 0 Å². The standard InChI is InChI=1S/C19H45F3O5Si4/c1-10-28(4,5)25-30(8,17-12-14-24-16-15-23-3)27-31(9,18-13-19(20,21)22)26-29(6,7)11-2/h10-18H2,1-9H3. The molecule has 31 heavy (non-hydrogen) atoms. The fourth-order valence-electron chi connectivity index (χ4n) is 3.12. The summed E-state index contributed by atoms with van der Waals surface area (Å²) in [5.41, 5.74) is 0. The van der Waals surface area contributed by atoms with Crippen LogP contribution in [0.15, 0.2) is 0 Å². The molecule has 188 valence electrons. The van der Waals surface area contributed by atoms with Crippen LogP contribution < -0.4 is 0 Å². The Hall–Kier alpha value is 0.458. The molecule has 0 spiro atoms. The quantitative estimate of drug-likeness (QED) is 0.158. The van der Waals surface area contributed by atoms with E-state index in [0.717, 1.165) is 18.5 Å². The lowest BCUT2D eigenvalue weighted by Crippen LogP contribution is -2.59. The molecular weight excluding hydrogens is 478 g/mol. The van der Waals surface area contributed by atoms with Crippen molar-refractivity contribution in [1.29, 1.82) is 0 Å². The van der Waals surface area contributed by atoms with Gasteiger partial charge in [-0.3, -0.25) is 0 Å². The van der Waals surface area contributed by atoms with Gasteiger partial charge < -0.3 is 21.8 Å². The molecule has 2 atom stereocenters. The SMILES string of the molecule is CC[Si](C)(C)O[Si](C)(CCCOCCOC)O[Si](C)(CCC(F)(F)F)O[Si](C)(C)CC. The molecule has 0 aliphatic heterocycles. The molecule has 0 rings (SSSR count). The highest BCUT2D eigenvalue weighted by Gasteiger charge is 2.49. The van der Waals surface area contributed by atoms with Crippen LogP contribution in [0.5, 0.6) is 0 Å². The summed E-state index contributed by atoms with van der Waals surface area (Å²) in [6.07, 6.45) is -4.38. The van der Waals surface area contributed by atoms with E-state index in [-0.39, 0.29) is 6.04 Å². The predicted molar refractivity (Wildman–Crippen MR) is 130 cm³/mol. The van der Waals surface area contributed by atoms with Crippen LogP contribution in [0.2, 0.25) is 63.5 Å². The molecule has 0 saturated heterocycles. The van der Waals surface area contributed by atoms with E-state index < -0.39 is 46.4 Å². The zero-order valence-corrected chi connectivity index (χ0v) is 25.0. The first-order chi connectivity index (χ1) is 14.0. The number of alkyl halides is 3. The molecule has 0 radical (unpaired) electrons. The van der Waals surface area contributed by atoms with E-state index in [1.807, 2.05) is 26.6 Å². The van der Waals surface area contributed by atoms with Gasteiger partial charge in [0.05, 0.1) is 13.2 Å². The molecule has 0 aromatic heterocycles. The average Bonchev–Trinajstić information content (AvgIpc) is 2.61. The van der Waals surface area contributed by atoms with Crippen molar-refractivity contribution in [3.05, 3.63) is 0 Å². The van der Waals surface area contributed by atoms with Gasteiger partial charge in [-0.2, -0.15) is 13.2 Å². The van der Waals surface area contributed by atoms with Crippen molar-refractivity contribution < 1.29 is 35.0 Å². The van der Waals surface area contributed by atoms with Gasteiger partial charge in [0.15, 0.2) is 16.6 Å². The van der Waals surface area contributed by atoms with E-state index in [9.17, 15) is 13.2 Å². The number of halogens is 3. The van der Waals surface area contributed by atoms with E-state index in [0.29, 0.717) is 25.9 Å². The molecule has 12 heteroatoms. The van der Waals surface area contributed by atoms with Crippen molar-refractivity contribution in [2.45, 2.75) is 96.3 Å². The highest BCUT2D eigenvalue weighted by Crippen LogP contribution is 2.34. The molecule has 0 heterocycles.